The van der Waals surface area contributed by atoms with Gasteiger partial charge in [-0.2, -0.15) is 0 Å². The van der Waals surface area contributed by atoms with Crippen LogP contribution in [0.15, 0.2) is 60.7 Å². The maximum Gasteiger partial charge on any atom is 0.338 e. The van der Waals surface area contributed by atoms with E-state index in [4.69, 9.17) is 9.47 Å². The maximum atomic E-state index is 14.0. The zero-order chi connectivity index (χ0) is 23.5. The summed E-state index contributed by atoms with van der Waals surface area (Å²) in [5.41, 5.74) is 2.20. The zero-order valence-corrected chi connectivity index (χ0v) is 18.3. The minimum atomic E-state index is -1.29. The number of hydrogen-bond acceptors (Lipinski definition) is 4. The lowest BCUT2D eigenvalue weighted by molar-refractivity contribution is 0.0691. The molecule has 0 spiro atoms. The minimum Gasteiger partial charge on any atom is -0.494 e. The third-order valence-corrected chi connectivity index (χ3v) is 6.04. The molecule has 0 bridgehead atoms. The molecular weight excluding hydrogens is 428 g/mol. The fourth-order valence-corrected chi connectivity index (χ4v) is 4.23. The second-order valence-electron chi connectivity index (χ2n) is 8.13. The Labute approximate surface area is 191 Å². The number of ether oxygens (including phenoxy) is 2. The van der Waals surface area contributed by atoms with Crippen LogP contribution >= 0.6 is 0 Å². The number of nitrogens with one attached hydrogen (secondary N) is 1. The van der Waals surface area contributed by atoms with E-state index in [1.54, 1.807) is 18.2 Å². The molecule has 1 aliphatic rings. The summed E-state index contributed by atoms with van der Waals surface area (Å²) < 4.78 is 39.0. The Morgan fingerprint density at radius 2 is 1.91 bits per heavy atom. The number of hydrogen-bond donors (Lipinski definition) is 2. The van der Waals surface area contributed by atoms with Gasteiger partial charge in [0.2, 0.25) is 0 Å². The van der Waals surface area contributed by atoms with E-state index in [1.807, 2.05) is 31.2 Å². The van der Waals surface area contributed by atoms with Crippen molar-refractivity contribution in [1.82, 2.24) is 5.32 Å². The van der Waals surface area contributed by atoms with Crippen molar-refractivity contribution in [3.63, 3.8) is 0 Å². The molecule has 0 aromatic heterocycles. The largest absolute Gasteiger partial charge is 0.494 e. The van der Waals surface area contributed by atoms with Crippen LogP contribution in [-0.2, 0) is 0 Å². The Bertz CT molecular complexity index is 1170. The van der Waals surface area contributed by atoms with Crippen molar-refractivity contribution in [2.75, 3.05) is 13.7 Å². The molecule has 1 heterocycles. The SMILES string of the molecule is COc1cc(C(C)NCC2CC(c3ccc(F)c(C(=O)O)c3)c3ccccc3O2)ccc1F. The Hall–Kier alpha value is -3.45. The number of fused-ring (bicyclic) bond motifs is 1. The van der Waals surface area contributed by atoms with Gasteiger partial charge in [0.1, 0.15) is 17.7 Å². The average Bonchev–Trinajstić information content (AvgIpc) is 2.82. The Morgan fingerprint density at radius 1 is 1.15 bits per heavy atom. The second-order valence-corrected chi connectivity index (χ2v) is 8.13. The molecule has 0 fully saturated rings. The molecular formula is C26H25F2NO4. The molecule has 172 valence electrons. The molecule has 33 heavy (non-hydrogen) atoms. The van der Waals surface area contributed by atoms with Gasteiger partial charge in [-0.05, 0) is 54.8 Å². The van der Waals surface area contributed by atoms with Gasteiger partial charge in [0, 0.05) is 24.1 Å². The van der Waals surface area contributed by atoms with Crippen LogP contribution in [-0.4, -0.2) is 30.8 Å². The first kappa shape index (κ1) is 22.7. The van der Waals surface area contributed by atoms with Gasteiger partial charge in [0.05, 0.1) is 12.7 Å². The number of methoxy groups -OCH3 is 1. The lowest BCUT2D eigenvalue weighted by Gasteiger charge is -2.33. The highest BCUT2D eigenvalue weighted by Crippen LogP contribution is 2.40. The molecule has 0 saturated carbocycles. The Morgan fingerprint density at radius 3 is 2.67 bits per heavy atom. The number of halogens is 2. The van der Waals surface area contributed by atoms with Crippen molar-refractivity contribution in [1.29, 1.82) is 0 Å². The van der Waals surface area contributed by atoms with Crippen molar-refractivity contribution < 1.29 is 28.2 Å². The summed E-state index contributed by atoms with van der Waals surface area (Å²) in [6.07, 6.45) is 0.391. The van der Waals surface area contributed by atoms with Crippen molar-refractivity contribution in [2.45, 2.75) is 31.4 Å². The van der Waals surface area contributed by atoms with Gasteiger partial charge in [0.25, 0.3) is 0 Å². The van der Waals surface area contributed by atoms with Crippen molar-refractivity contribution >= 4 is 5.97 Å². The van der Waals surface area contributed by atoms with Gasteiger partial charge in [-0.25, -0.2) is 13.6 Å². The zero-order valence-electron chi connectivity index (χ0n) is 18.3. The predicted octanol–water partition coefficient (Wildman–Crippen LogP) is 5.31. The summed E-state index contributed by atoms with van der Waals surface area (Å²) in [6, 6.07) is 16.5. The second kappa shape index (κ2) is 9.58. The summed E-state index contributed by atoms with van der Waals surface area (Å²) in [7, 11) is 1.43. The normalized spacial score (nSPS) is 18.2. The molecule has 0 saturated heterocycles. The molecule has 0 radical (unpaired) electrons. The number of rotatable bonds is 7. The molecule has 3 aromatic rings. The number of carbonyl (C=O) groups is 1. The van der Waals surface area contributed by atoms with E-state index in [9.17, 15) is 18.7 Å². The van der Waals surface area contributed by atoms with E-state index in [0.717, 1.165) is 22.4 Å². The lowest BCUT2D eigenvalue weighted by Crippen LogP contribution is -2.37. The first-order valence-corrected chi connectivity index (χ1v) is 10.7. The van der Waals surface area contributed by atoms with Crippen LogP contribution < -0.4 is 14.8 Å². The molecule has 0 aliphatic carbocycles. The van der Waals surface area contributed by atoms with Gasteiger partial charge in [-0.15, -0.1) is 0 Å². The lowest BCUT2D eigenvalue weighted by atomic mass is 9.83. The third-order valence-electron chi connectivity index (χ3n) is 6.04. The highest BCUT2D eigenvalue weighted by atomic mass is 19.1. The van der Waals surface area contributed by atoms with Gasteiger partial charge < -0.3 is 19.9 Å². The first-order chi connectivity index (χ1) is 15.9. The van der Waals surface area contributed by atoms with Crippen molar-refractivity contribution in [2.24, 2.45) is 0 Å². The molecule has 2 N–H and O–H groups in total. The van der Waals surface area contributed by atoms with Crippen LogP contribution in [0.2, 0.25) is 0 Å². The highest BCUT2D eigenvalue weighted by Gasteiger charge is 2.30. The van der Waals surface area contributed by atoms with Gasteiger partial charge in [-0.1, -0.05) is 30.3 Å². The smallest absolute Gasteiger partial charge is 0.338 e. The fraction of sp³-hybridized carbons (Fsp3) is 0.269. The molecule has 1 aliphatic heterocycles. The molecule has 3 unspecified atom stereocenters. The van der Waals surface area contributed by atoms with Crippen molar-refractivity contribution in [3.8, 4) is 11.5 Å². The van der Waals surface area contributed by atoms with Crippen LogP contribution in [0.4, 0.5) is 8.78 Å². The molecule has 7 heteroatoms. The van der Waals surface area contributed by atoms with Crippen LogP contribution in [0.3, 0.4) is 0 Å². The number of benzene rings is 3. The van der Waals surface area contributed by atoms with Crippen LogP contribution in [0.25, 0.3) is 0 Å². The fourth-order valence-electron chi connectivity index (χ4n) is 4.23. The third kappa shape index (κ3) is 4.83. The molecule has 4 rings (SSSR count). The predicted molar refractivity (Wildman–Crippen MR) is 120 cm³/mol. The van der Waals surface area contributed by atoms with E-state index >= 15 is 0 Å². The first-order valence-electron chi connectivity index (χ1n) is 10.7. The van der Waals surface area contributed by atoms with Gasteiger partial charge in [-0.3, -0.25) is 0 Å². The van der Waals surface area contributed by atoms with E-state index in [1.165, 1.54) is 25.3 Å². The topological polar surface area (TPSA) is 67.8 Å². The number of carboxylic acids is 1. The Kier molecular flexibility index (Phi) is 6.60. The summed E-state index contributed by atoms with van der Waals surface area (Å²) >= 11 is 0. The number of para-hydroxylation sites is 1. The van der Waals surface area contributed by atoms with Crippen molar-refractivity contribution in [3.05, 3.63) is 94.6 Å². The molecule has 3 aromatic carbocycles. The van der Waals surface area contributed by atoms with E-state index < -0.39 is 17.6 Å². The monoisotopic (exact) mass is 453 g/mol. The van der Waals surface area contributed by atoms with Gasteiger partial charge >= 0.3 is 5.97 Å². The molecule has 0 amide bonds. The van der Waals surface area contributed by atoms with Crippen LogP contribution in [0, 0.1) is 11.6 Å². The standard InChI is InChI=1S/C26H25F2NO4/c1-15(16-7-10-23(28)25(12-16)32-2)29-14-18-13-20(19-5-3-4-6-24(19)33-18)17-8-9-22(27)21(11-17)26(30)31/h3-12,15,18,20,29H,13-14H2,1-2H3,(H,30,31). The van der Waals surface area contributed by atoms with Gasteiger partial charge in [0.15, 0.2) is 11.6 Å². The summed E-state index contributed by atoms with van der Waals surface area (Å²) in [4.78, 5) is 11.4. The molecule has 5 nitrogen and oxygen atoms in total. The minimum absolute atomic E-state index is 0.0804. The number of aromatic carboxylic acids is 1. The van der Waals surface area contributed by atoms with E-state index in [0.29, 0.717) is 13.0 Å². The molecule has 3 atom stereocenters. The van der Waals surface area contributed by atoms with Crippen LogP contribution in [0.5, 0.6) is 11.5 Å². The summed E-state index contributed by atoms with van der Waals surface area (Å²) in [5, 5.41) is 12.8. The van der Waals surface area contributed by atoms with Crippen LogP contribution in [0.1, 0.15) is 52.4 Å². The number of carboxylic acid groups (broad SMARTS) is 1. The summed E-state index contributed by atoms with van der Waals surface area (Å²) in [5.74, 6) is -1.69. The quantitative estimate of drug-likeness (QED) is 0.508. The van der Waals surface area contributed by atoms with E-state index in [-0.39, 0.29) is 29.4 Å². The maximum absolute atomic E-state index is 14.0. The average molecular weight is 453 g/mol. The Balaban J connectivity index is 1.54. The summed E-state index contributed by atoms with van der Waals surface area (Å²) in [6.45, 7) is 2.48. The van der Waals surface area contributed by atoms with E-state index in [2.05, 4.69) is 5.32 Å². The highest BCUT2D eigenvalue weighted by molar-refractivity contribution is 5.88.